The van der Waals surface area contributed by atoms with E-state index in [0.29, 0.717) is 11.3 Å². The minimum atomic E-state index is -4.11. The molecule has 1 aromatic heterocycles. The molecule has 0 spiro atoms. The molecule has 0 aliphatic heterocycles. The van der Waals surface area contributed by atoms with Crippen molar-refractivity contribution >= 4 is 10.0 Å². The van der Waals surface area contributed by atoms with E-state index in [4.69, 9.17) is 4.42 Å². The average molecular weight is 363 g/mol. The Morgan fingerprint density at radius 3 is 2.24 bits per heavy atom. The van der Waals surface area contributed by atoms with Gasteiger partial charge in [-0.3, -0.25) is 0 Å². The summed E-state index contributed by atoms with van der Waals surface area (Å²) in [6.07, 6.45) is 1.43. The Balaban J connectivity index is 1.98. The number of furan rings is 1. The van der Waals surface area contributed by atoms with Gasteiger partial charge >= 0.3 is 0 Å². The molecule has 0 amide bonds. The Labute approximate surface area is 144 Å². The van der Waals surface area contributed by atoms with E-state index in [2.05, 4.69) is 0 Å². The number of benzene rings is 2. The van der Waals surface area contributed by atoms with Crippen molar-refractivity contribution in [3.63, 3.8) is 0 Å². The number of nitrogens with zero attached hydrogens (tertiary/aromatic N) is 1. The van der Waals surface area contributed by atoms with Gasteiger partial charge in [0.15, 0.2) is 0 Å². The molecule has 4 nitrogen and oxygen atoms in total. The lowest BCUT2D eigenvalue weighted by Gasteiger charge is -2.21. The SMILES string of the molecule is O=S(=O)(c1ccccc1F)N(Cc1ccc(F)cc1)Cc1ccco1. The Bertz CT molecular complexity index is 939. The second-order valence-electron chi connectivity index (χ2n) is 5.41. The van der Waals surface area contributed by atoms with Crippen LogP contribution >= 0.6 is 0 Å². The molecule has 3 aromatic rings. The largest absolute Gasteiger partial charge is 0.468 e. The fourth-order valence-electron chi connectivity index (χ4n) is 2.39. The average Bonchev–Trinajstić information content (AvgIpc) is 3.09. The van der Waals surface area contributed by atoms with Gasteiger partial charge in [-0.2, -0.15) is 4.31 Å². The smallest absolute Gasteiger partial charge is 0.246 e. The quantitative estimate of drug-likeness (QED) is 0.666. The monoisotopic (exact) mass is 363 g/mol. The van der Waals surface area contributed by atoms with E-state index in [1.165, 1.54) is 48.7 Å². The Morgan fingerprint density at radius 1 is 0.880 bits per heavy atom. The van der Waals surface area contributed by atoms with Crippen LogP contribution in [-0.2, 0) is 23.1 Å². The van der Waals surface area contributed by atoms with Gasteiger partial charge in [-0.15, -0.1) is 0 Å². The third-order valence-corrected chi connectivity index (χ3v) is 5.46. The lowest BCUT2D eigenvalue weighted by Crippen LogP contribution is -2.30. The van der Waals surface area contributed by atoms with E-state index in [1.54, 1.807) is 12.1 Å². The van der Waals surface area contributed by atoms with Gasteiger partial charge in [-0.1, -0.05) is 24.3 Å². The predicted molar refractivity (Wildman–Crippen MR) is 87.9 cm³/mol. The van der Waals surface area contributed by atoms with E-state index in [0.717, 1.165) is 10.4 Å². The number of sulfonamides is 1. The van der Waals surface area contributed by atoms with Crippen LogP contribution in [0.1, 0.15) is 11.3 Å². The maximum absolute atomic E-state index is 14.0. The molecule has 0 bridgehead atoms. The van der Waals surface area contributed by atoms with Gasteiger partial charge in [-0.25, -0.2) is 17.2 Å². The van der Waals surface area contributed by atoms with Gasteiger partial charge in [0.2, 0.25) is 10.0 Å². The minimum Gasteiger partial charge on any atom is -0.468 e. The molecule has 0 N–H and O–H groups in total. The molecular weight excluding hydrogens is 348 g/mol. The van der Waals surface area contributed by atoms with Crippen LogP contribution in [0.3, 0.4) is 0 Å². The van der Waals surface area contributed by atoms with Gasteiger partial charge in [-0.05, 0) is 42.0 Å². The zero-order chi connectivity index (χ0) is 17.9. The molecule has 3 rings (SSSR count). The zero-order valence-corrected chi connectivity index (χ0v) is 13.9. The molecule has 0 radical (unpaired) electrons. The fourth-order valence-corrected chi connectivity index (χ4v) is 3.85. The van der Waals surface area contributed by atoms with Crippen molar-refractivity contribution in [1.82, 2.24) is 4.31 Å². The summed E-state index contributed by atoms with van der Waals surface area (Å²) in [5.41, 5.74) is 0.577. The van der Waals surface area contributed by atoms with Gasteiger partial charge in [0.05, 0.1) is 12.8 Å². The summed E-state index contributed by atoms with van der Waals surface area (Å²) in [7, 11) is -4.11. The first-order valence-electron chi connectivity index (χ1n) is 7.48. The second-order valence-corrected chi connectivity index (χ2v) is 7.32. The standard InChI is InChI=1S/C18H15F2NO3S/c19-15-9-7-14(8-10-15)12-21(13-16-4-3-11-24-16)25(22,23)18-6-2-1-5-17(18)20/h1-11H,12-13H2. The van der Waals surface area contributed by atoms with E-state index in [9.17, 15) is 17.2 Å². The van der Waals surface area contributed by atoms with Crippen molar-refractivity contribution < 1.29 is 21.6 Å². The van der Waals surface area contributed by atoms with Gasteiger partial charge < -0.3 is 4.42 Å². The van der Waals surface area contributed by atoms with E-state index < -0.39 is 26.6 Å². The summed E-state index contributed by atoms with van der Waals surface area (Å²) in [6, 6.07) is 13.9. The molecule has 25 heavy (non-hydrogen) atoms. The van der Waals surface area contributed by atoms with Gasteiger partial charge in [0, 0.05) is 6.54 Å². The van der Waals surface area contributed by atoms with Crippen LogP contribution in [0.2, 0.25) is 0 Å². The lowest BCUT2D eigenvalue weighted by molar-refractivity contribution is 0.356. The van der Waals surface area contributed by atoms with Crippen molar-refractivity contribution in [3.05, 3.63) is 89.9 Å². The molecule has 7 heteroatoms. The molecule has 2 aromatic carbocycles. The Morgan fingerprint density at radius 2 is 1.60 bits per heavy atom. The maximum atomic E-state index is 14.0. The molecule has 0 aliphatic rings. The molecule has 0 fully saturated rings. The molecule has 1 heterocycles. The summed E-state index contributed by atoms with van der Waals surface area (Å²) in [5, 5.41) is 0. The highest BCUT2D eigenvalue weighted by Gasteiger charge is 2.28. The summed E-state index contributed by atoms with van der Waals surface area (Å²) >= 11 is 0. The molecule has 0 aliphatic carbocycles. The molecule has 130 valence electrons. The third kappa shape index (κ3) is 3.94. The molecule has 0 saturated heterocycles. The highest BCUT2D eigenvalue weighted by atomic mass is 32.2. The number of halogens is 2. The highest BCUT2D eigenvalue weighted by molar-refractivity contribution is 7.89. The molecule has 0 saturated carbocycles. The van der Waals surface area contributed by atoms with Gasteiger partial charge in [0.1, 0.15) is 22.3 Å². The fraction of sp³-hybridized carbons (Fsp3) is 0.111. The highest BCUT2D eigenvalue weighted by Crippen LogP contribution is 2.23. The normalized spacial score (nSPS) is 11.8. The van der Waals surface area contributed by atoms with Crippen LogP contribution in [0.5, 0.6) is 0 Å². The van der Waals surface area contributed by atoms with Crippen LogP contribution in [0.4, 0.5) is 8.78 Å². The Kier molecular flexibility index (Phi) is 4.96. The lowest BCUT2D eigenvalue weighted by atomic mass is 10.2. The Hall–Kier alpha value is -2.51. The first-order chi connectivity index (χ1) is 12.0. The van der Waals surface area contributed by atoms with E-state index in [1.807, 2.05) is 0 Å². The topological polar surface area (TPSA) is 50.5 Å². The van der Waals surface area contributed by atoms with Crippen LogP contribution in [-0.4, -0.2) is 12.7 Å². The van der Waals surface area contributed by atoms with E-state index in [-0.39, 0.29) is 13.1 Å². The van der Waals surface area contributed by atoms with Crippen molar-refractivity contribution in [2.45, 2.75) is 18.0 Å². The first kappa shape index (κ1) is 17.3. The van der Waals surface area contributed by atoms with Crippen LogP contribution in [0.25, 0.3) is 0 Å². The second kappa shape index (κ2) is 7.16. The van der Waals surface area contributed by atoms with Gasteiger partial charge in [0.25, 0.3) is 0 Å². The number of rotatable bonds is 6. The summed E-state index contributed by atoms with van der Waals surface area (Å²) in [6.45, 7) is -0.112. The van der Waals surface area contributed by atoms with Crippen molar-refractivity contribution in [3.8, 4) is 0 Å². The first-order valence-corrected chi connectivity index (χ1v) is 8.92. The molecule has 0 unspecified atom stereocenters. The minimum absolute atomic E-state index is 0.0440. The molecular formula is C18H15F2NO3S. The predicted octanol–water partition coefficient (Wildman–Crippen LogP) is 3.95. The molecule has 0 atom stereocenters. The maximum Gasteiger partial charge on any atom is 0.246 e. The van der Waals surface area contributed by atoms with Crippen molar-refractivity contribution in [2.75, 3.05) is 0 Å². The summed E-state index contributed by atoms with van der Waals surface area (Å²) in [5.74, 6) is -0.827. The summed E-state index contributed by atoms with van der Waals surface area (Å²) in [4.78, 5) is -0.413. The van der Waals surface area contributed by atoms with Crippen LogP contribution in [0.15, 0.2) is 76.2 Å². The zero-order valence-electron chi connectivity index (χ0n) is 13.1. The van der Waals surface area contributed by atoms with Crippen LogP contribution < -0.4 is 0 Å². The van der Waals surface area contributed by atoms with Crippen molar-refractivity contribution in [2.24, 2.45) is 0 Å². The van der Waals surface area contributed by atoms with Crippen LogP contribution in [0, 0.1) is 11.6 Å². The van der Waals surface area contributed by atoms with Crippen molar-refractivity contribution in [1.29, 1.82) is 0 Å². The summed E-state index contributed by atoms with van der Waals surface area (Å²) < 4.78 is 59.3. The third-order valence-electron chi connectivity index (χ3n) is 3.64. The number of hydrogen-bond donors (Lipinski definition) is 0. The van der Waals surface area contributed by atoms with E-state index >= 15 is 0 Å². The number of hydrogen-bond acceptors (Lipinski definition) is 3.